The van der Waals surface area contributed by atoms with Crippen LogP contribution in [0.5, 0.6) is 0 Å². The Morgan fingerprint density at radius 3 is 2.61 bits per heavy atom. The lowest BCUT2D eigenvalue weighted by Crippen LogP contribution is -2.36. The Kier molecular flexibility index (Phi) is 4.97. The summed E-state index contributed by atoms with van der Waals surface area (Å²) >= 11 is 5.89. The number of nitrogens with zero attached hydrogens (tertiary/aromatic N) is 1. The summed E-state index contributed by atoms with van der Waals surface area (Å²) in [4.78, 5) is 24.3. The van der Waals surface area contributed by atoms with E-state index >= 15 is 0 Å². The Balaban J connectivity index is 3.17. The average Bonchev–Trinajstić information content (AvgIpc) is 2.34. The Bertz CT molecular complexity index is 463. The van der Waals surface area contributed by atoms with Gasteiger partial charge >= 0.3 is 5.97 Å². The van der Waals surface area contributed by atoms with Gasteiger partial charge < -0.3 is 15.3 Å². The van der Waals surface area contributed by atoms with E-state index in [0.717, 1.165) is 0 Å². The van der Waals surface area contributed by atoms with Crippen molar-refractivity contribution < 1.29 is 14.7 Å². The Labute approximate surface area is 110 Å². The van der Waals surface area contributed by atoms with Gasteiger partial charge in [-0.2, -0.15) is 0 Å². The van der Waals surface area contributed by atoms with Crippen molar-refractivity contribution in [3.05, 3.63) is 28.8 Å². The van der Waals surface area contributed by atoms with Gasteiger partial charge in [-0.3, -0.25) is 4.79 Å². The van der Waals surface area contributed by atoms with Gasteiger partial charge in [0.05, 0.1) is 17.3 Å². The van der Waals surface area contributed by atoms with Crippen molar-refractivity contribution >= 4 is 29.2 Å². The van der Waals surface area contributed by atoms with Crippen LogP contribution >= 0.6 is 11.6 Å². The summed E-state index contributed by atoms with van der Waals surface area (Å²) in [5.74, 6) is -1.29. The number of nitrogens with one attached hydrogen (secondary N) is 1. The van der Waals surface area contributed by atoms with Crippen LogP contribution in [0.2, 0.25) is 5.02 Å². The third-order valence-electron chi connectivity index (χ3n) is 2.54. The molecule has 1 rings (SSSR count). The van der Waals surface area contributed by atoms with E-state index in [1.165, 1.54) is 13.1 Å². The zero-order valence-corrected chi connectivity index (χ0v) is 11.0. The molecule has 0 aliphatic rings. The fourth-order valence-corrected chi connectivity index (χ4v) is 1.86. The molecular weight excluding hydrogens is 256 g/mol. The van der Waals surface area contributed by atoms with Crippen LogP contribution < -0.4 is 10.2 Å². The fraction of sp³-hybridized carbons (Fsp3) is 0.333. The van der Waals surface area contributed by atoms with Crippen molar-refractivity contribution in [2.75, 3.05) is 25.0 Å². The summed E-state index contributed by atoms with van der Waals surface area (Å²) < 4.78 is 0. The first-order valence-electron chi connectivity index (χ1n) is 5.48. The summed E-state index contributed by atoms with van der Waals surface area (Å²) in [6.45, 7) is 2.44. The Morgan fingerprint density at radius 1 is 1.44 bits per heavy atom. The lowest BCUT2D eigenvalue weighted by Gasteiger charge is -2.24. The van der Waals surface area contributed by atoms with Gasteiger partial charge in [-0.25, -0.2) is 4.79 Å². The van der Waals surface area contributed by atoms with E-state index in [-0.39, 0.29) is 23.0 Å². The standard InChI is InChI=1S/C12H15ClN2O3/c1-3-15(7-10(16)14-2)9-6-4-5-8(13)11(9)12(17)18/h4-6H,3,7H2,1-2H3,(H,14,16)(H,17,18). The van der Waals surface area contributed by atoms with Gasteiger partial charge in [0.15, 0.2) is 0 Å². The van der Waals surface area contributed by atoms with Crippen LogP contribution in [0.1, 0.15) is 17.3 Å². The smallest absolute Gasteiger partial charge is 0.339 e. The summed E-state index contributed by atoms with van der Waals surface area (Å²) in [5, 5.41) is 11.8. The van der Waals surface area contributed by atoms with E-state index in [2.05, 4.69) is 5.32 Å². The molecule has 0 fully saturated rings. The van der Waals surface area contributed by atoms with E-state index in [0.29, 0.717) is 12.2 Å². The van der Waals surface area contributed by atoms with Crippen molar-refractivity contribution in [2.45, 2.75) is 6.92 Å². The Hall–Kier alpha value is -1.75. The number of hydrogen-bond acceptors (Lipinski definition) is 3. The van der Waals surface area contributed by atoms with E-state index in [1.807, 2.05) is 6.92 Å². The highest BCUT2D eigenvalue weighted by molar-refractivity contribution is 6.34. The number of carboxylic acids is 1. The first-order valence-corrected chi connectivity index (χ1v) is 5.86. The average molecular weight is 271 g/mol. The van der Waals surface area contributed by atoms with Gasteiger partial charge in [0.1, 0.15) is 5.56 Å². The maximum atomic E-state index is 11.4. The second-order valence-electron chi connectivity index (χ2n) is 3.63. The summed E-state index contributed by atoms with van der Waals surface area (Å²) in [7, 11) is 1.53. The highest BCUT2D eigenvalue weighted by Crippen LogP contribution is 2.27. The number of anilines is 1. The lowest BCUT2D eigenvalue weighted by atomic mass is 10.1. The third-order valence-corrected chi connectivity index (χ3v) is 2.86. The number of rotatable bonds is 5. The van der Waals surface area contributed by atoms with Crippen LogP contribution in [0.15, 0.2) is 18.2 Å². The largest absolute Gasteiger partial charge is 0.478 e. The molecule has 0 saturated carbocycles. The van der Waals surface area contributed by atoms with Crippen LogP contribution in [-0.2, 0) is 4.79 Å². The molecule has 0 heterocycles. The highest BCUT2D eigenvalue weighted by atomic mass is 35.5. The maximum absolute atomic E-state index is 11.4. The fourth-order valence-electron chi connectivity index (χ4n) is 1.61. The second kappa shape index (κ2) is 6.26. The minimum absolute atomic E-state index is 0.0184. The molecule has 0 unspecified atom stereocenters. The number of carboxylic acid groups (broad SMARTS) is 1. The zero-order valence-electron chi connectivity index (χ0n) is 10.2. The summed E-state index contributed by atoms with van der Waals surface area (Å²) in [6, 6.07) is 4.82. The molecule has 0 aliphatic carbocycles. The third kappa shape index (κ3) is 3.13. The quantitative estimate of drug-likeness (QED) is 0.853. The molecule has 0 radical (unpaired) electrons. The highest BCUT2D eigenvalue weighted by Gasteiger charge is 2.19. The van der Waals surface area contributed by atoms with Crippen molar-refractivity contribution in [1.29, 1.82) is 0 Å². The monoisotopic (exact) mass is 270 g/mol. The number of carbonyl (C=O) groups excluding carboxylic acids is 1. The number of carbonyl (C=O) groups is 2. The van der Waals surface area contributed by atoms with Gasteiger partial charge in [-0.1, -0.05) is 17.7 Å². The number of halogens is 1. The summed E-state index contributed by atoms with van der Waals surface area (Å²) in [5.41, 5.74) is 0.464. The van der Waals surface area contributed by atoms with Crippen molar-refractivity contribution in [1.82, 2.24) is 5.32 Å². The molecule has 98 valence electrons. The molecule has 0 bridgehead atoms. The minimum atomic E-state index is -1.11. The van der Waals surface area contributed by atoms with Gasteiger partial charge in [0.25, 0.3) is 0 Å². The van der Waals surface area contributed by atoms with E-state index < -0.39 is 5.97 Å². The van der Waals surface area contributed by atoms with Crippen LogP contribution in [0.3, 0.4) is 0 Å². The van der Waals surface area contributed by atoms with E-state index in [9.17, 15) is 14.7 Å². The van der Waals surface area contributed by atoms with Crippen LogP contribution in [0.25, 0.3) is 0 Å². The molecule has 0 aliphatic heterocycles. The van der Waals surface area contributed by atoms with E-state index in [4.69, 9.17) is 11.6 Å². The number of hydrogen-bond donors (Lipinski definition) is 2. The second-order valence-corrected chi connectivity index (χ2v) is 4.03. The summed E-state index contributed by atoms with van der Waals surface area (Å²) in [6.07, 6.45) is 0. The maximum Gasteiger partial charge on any atom is 0.339 e. The van der Waals surface area contributed by atoms with Crippen LogP contribution in [-0.4, -0.2) is 37.1 Å². The molecule has 0 aromatic heterocycles. The van der Waals surface area contributed by atoms with Crippen LogP contribution in [0, 0.1) is 0 Å². The van der Waals surface area contributed by atoms with Gasteiger partial charge in [0.2, 0.25) is 5.91 Å². The molecule has 6 heteroatoms. The molecule has 5 nitrogen and oxygen atoms in total. The zero-order chi connectivity index (χ0) is 13.7. The molecule has 0 spiro atoms. The molecule has 2 N–H and O–H groups in total. The van der Waals surface area contributed by atoms with Gasteiger partial charge in [0, 0.05) is 13.6 Å². The minimum Gasteiger partial charge on any atom is -0.478 e. The predicted octanol–water partition coefficient (Wildman–Crippen LogP) is 1.61. The predicted molar refractivity (Wildman–Crippen MR) is 70.4 cm³/mol. The molecule has 1 amide bonds. The molecular formula is C12H15ClN2O3. The molecule has 0 saturated heterocycles. The van der Waals surface area contributed by atoms with Gasteiger partial charge in [-0.15, -0.1) is 0 Å². The number of benzene rings is 1. The first-order chi connectivity index (χ1) is 8.51. The lowest BCUT2D eigenvalue weighted by molar-refractivity contribution is -0.119. The molecule has 0 atom stereocenters. The molecule has 18 heavy (non-hydrogen) atoms. The molecule has 1 aromatic rings. The first kappa shape index (κ1) is 14.3. The number of likely N-dealkylation sites (N-methyl/N-ethyl adjacent to an activating group) is 2. The number of amides is 1. The van der Waals surface area contributed by atoms with Crippen LogP contribution in [0.4, 0.5) is 5.69 Å². The Morgan fingerprint density at radius 2 is 2.11 bits per heavy atom. The van der Waals surface area contributed by atoms with Crippen molar-refractivity contribution in [2.24, 2.45) is 0 Å². The van der Waals surface area contributed by atoms with Gasteiger partial charge in [-0.05, 0) is 19.1 Å². The molecule has 1 aromatic carbocycles. The normalized spacial score (nSPS) is 9.94. The van der Waals surface area contributed by atoms with E-state index in [1.54, 1.807) is 17.0 Å². The SMILES string of the molecule is CCN(CC(=O)NC)c1cccc(Cl)c1C(=O)O. The topological polar surface area (TPSA) is 69.6 Å². The van der Waals surface area contributed by atoms with Crippen molar-refractivity contribution in [3.63, 3.8) is 0 Å². The van der Waals surface area contributed by atoms with Crippen molar-refractivity contribution in [3.8, 4) is 0 Å². The number of aromatic carboxylic acids is 1.